The monoisotopic (exact) mass is 541 g/mol. The molecule has 0 unspecified atom stereocenters. The van der Waals surface area contributed by atoms with E-state index in [1.807, 2.05) is 40.7 Å². The van der Waals surface area contributed by atoms with Gasteiger partial charge in [-0.25, -0.2) is 4.68 Å². The van der Waals surface area contributed by atoms with Gasteiger partial charge in [-0.1, -0.05) is 36.8 Å². The van der Waals surface area contributed by atoms with Gasteiger partial charge in [0.25, 0.3) is 0 Å². The van der Waals surface area contributed by atoms with E-state index in [0.717, 1.165) is 34.1 Å². The molecule has 0 spiro atoms. The lowest BCUT2D eigenvalue weighted by Crippen LogP contribution is -2.37. The summed E-state index contributed by atoms with van der Waals surface area (Å²) in [5, 5.41) is 4.95. The van der Waals surface area contributed by atoms with Crippen LogP contribution in [0.3, 0.4) is 0 Å². The summed E-state index contributed by atoms with van der Waals surface area (Å²) >= 11 is 1.92. The third-order valence-corrected chi connectivity index (χ3v) is 8.48. The summed E-state index contributed by atoms with van der Waals surface area (Å²) in [5.74, 6) is 3.07. The summed E-state index contributed by atoms with van der Waals surface area (Å²) in [5.41, 5.74) is 5.66. The molecule has 0 radical (unpaired) electrons. The van der Waals surface area contributed by atoms with Crippen LogP contribution in [0.15, 0.2) is 72.9 Å². The van der Waals surface area contributed by atoms with Crippen LogP contribution in [0.25, 0.3) is 5.69 Å². The molecule has 2 aromatic carbocycles. The Hall–Kier alpha value is -3.91. The number of esters is 1. The lowest BCUT2D eigenvalue weighted by molar-refractivity contribution is -0.139. The zero-order valence-electron chi connectivity index (χ0n) is 22.3. The maximum Gasteiger partial charge on any atom is 0.311 e. The Morgan fingerprint density at radius 3 is 2.36 bits per heavy atom. The zero-order chi connectivity index (χ0) is 27.4. The Labute approximate surface area is 232 Å². The van der Waals surface area contributed by atoms with Crippen molar-refractivity contribution < 1.29 is 19.1 Å². The van der Waals surface area contributed by atoms with E-state index in [1.54, 1.807) is 18.3 Å². The third-order valence-electron chi connectivity index (χ3n) is 6.80. The molecule has 39 heavy (non-hydrogen) atoms. The molecular weight excluding hydrogens is 510 g/mol. The SMILES string of the molecule is COC(=O)Cc1cc(Oc2ccc(CC(=O)Cc3cc(C4(C)CSC4)nn3-c3ccc(C)cc3)cc2)ccn1. The number of hydrogen-bond donors (Lipinski definition) is 0. The quantitative estimate of drug-likeness (QED) is 0.247. The topological polar surface area (TPSA) is 83.3 Å². The van der Waals surface area contributed by atoms with E-state index < -0.39 is 0 Å². The number of Topliss-reactive ketones (excluding diaryl/α,β-unsaturated/α-hetero) is 1. The average Bonchev–Trinajstić information content (AvgIpc) is 3.32. The summed E-state index contributed by atoms with van der Waals surface area (Å²) in [4.78, 5) is 28.9. The van der Waals surface area contributed by atoms with Crippen LogP contribution in [0.5, 0.6) is 11.5 Å². The molecule has 1 fully saturated rings. The Balaban J connectivity index is 1.26. The van der Waals surface area contributed by atoms with Gasteiger partial charge in [-0.05, 0) is 48.9 Å². The minimum atomic E-state index is -0.358. The maximum absolute atomic E-state index is 13.2. The van der Waals surface area contributed by atoms with Crippen molar-refractivity contribution >= 4 is 23.5 Å². The molecule has 0 bridgehead atoms. The fourth-order valence-corrected chi connectivity index (χ4v) is 5.56. The molecule has 8 heteroatoms. The number of pyridine rings is 1. The number of carbonyl (C=O) groups is 2. The minimum Gasteiger partial charge on any atom is -0.469 e. The van der Waals surface area contributed by atoms with Crippen molar-refractivity contribution in [3.8, 4) is 17.2 Å². The molecule has 3 heterocycles. The first-order valence-electron chi connectivity index (χ1n) is 12.9. The molecule has 200 valence electrons. The van der Waals surface area contributed by atoms with Crippen molar-refractivity contribution in [1.29, 1.82) is 0 Å². The van der Waals surface area contributed by atoms with Crippen LogP contribution in [-0.2, 0) is 39.0 Å². The molecule has 0 atom stereocenters. The second kappa shape index (κ2) is 11.5. The van der Waals surface area contributed by atoms with Gasteiger partial charge in [-0.2, -0.15) is 16.9 Å². The van der Waals surface area contributed by atoms with Crippen LogP contribution < -0.4 is 4.74 Å². The number of carbonyl (C=O) groups excluding carboxylic acids is 2. The number of thioether (sulfide) groups is 1. The lowest BCUT2D eigenvalue weighted by atomic mass is 9.90. The summed E-state index contributed by atoms with van der Waals surface area (Å²) in [6.45, 7) is 4.30. The smallest absolute Gasteiger partial charge is 0.311 e. The van der Waals surface area contributed by atoms with Gasteiger partial charge in [-0.3, -0.25) is 14.6 Å². The summed E-state index contributed by atoms with van der Waals surface area (Å²) in [6.07, 6.45) is 2.30. The third kappa shape index (κ3) is 6.40. The molecule has 1 aliphatic rings. The van der Waals surface area contributed by atoms with E-state index in [4.69, 9.17) is 14.6 Å². The predicted molar refractivity (Wildman–Crippen MR) is 152 cm³/mol. The Morgan fingerprint density at radius 1 is 0.949 bits per heavy atom. The van der Waals surface area contributed by atoms with Crippen LogP contribution in [-0.4, -0.2) is 45.1 Å². The van der Waals surface area contributed by atoms with Crippen LogP contribution in [0.4, 0.5) is 0 Å². The van der Waals surface area contributed by atoms with E-state index in [-0.39, 0.29) is 23.6 Å². The van der Waals surface area contributed by atoms with Gasteiger partial charge in [0.15, 0.2) is 0 Å². The van der Waals surface area contributed by atoms with Gasteiger partial charge >= 0.3 is 5.97 Å². The largest absolute Gasteiger partial charge is 0.469 e. The van der Waals surface area contributed by atoms with Gasteiger partial charge in [0, 0.05) is 42.0 Å². The average molecular weight is 542 g/mol. The number of methoxy groups -OCH3 is 1. The normalized spacial score (nSPS) is 13.9. The number of aryl methyl sites for hydroxylation is 1. The Kier molecular flexibility index (Phi) is 7.84. The van der Waals surface area contributed by atoms with Gasteiger partial charge in [0.1, 0.15) is 17.3 Å². The molecule has 0 aliphatic carbocycles. The lowest BCUT2D eigenvalue weighted by Gasteiger charge is -2.35. The van der Waals surface area contributed by atoms with E-state index in [1.165, 1.54) is 12.7 Å². The van der Waals surface area contributed by atoms with Crippen LogP contribution in [0.2, 0.25) is 0 Å². The summed E-state index contributed by atoms with van der Waals surface area (Å²) in [7, 11) is 1.35. The predicted octanol–water partition coefficient (Wildman–Crippen LogP) is 5.44. The highest BCUT2D eigenvalue weighted by atomic mass is 32.2. The first-order valence-corrected chi connectivity index (χ1v) is 14.0. The highest BCUT2D eigenvalue weighted by Crippen LogP contribution is 2.40. The first-order chi connectivity index (χ1) is 18.8. The van der Waals surface area contributed by atoms with E-state index in [0.29, 0.717) is 30.0 Å². The van der Waals surface area contributed by atoms with Gasteiger partial charge < -0.3 is 9.47 Å². The highest BCUT2D eigenvalue weighted by molar-refractivity contribution is 8.00. The second-order valence-electron chi connectivity index (χ2n) is 10.2. The van der Waals surface area contributed by atoms with Crippen LogP contribution >= 0.6 is 11.8 Å². The van der Waals surface area contributed by atoms with Gasteiger partial charge in [-0.15, -0.1) is 0 Å². The molecule has 4 aromatic rings. The number of hydrogen-bond acceptors (Lipinski definition) is 7. The number of ether oxygens (including phenoxy) is 2. The van der Waals surface area contributed by atoms with Crippen molar-refractivity contribution in [3.05, 3.63) is 101 Å². The van der Waals surface area contributed by atoms with Crippen LogP contribution in [0.1, 0.15) is 35.1 Å². The first kappa shape index (κ1) is 26.7. The van der Waals surface area contributed by atoms with Gasteiger partial charge in [0.2, 0.25) is 0 Å². The molecular formula is C31H31N3O4S. The maximum atomic E-state index is 13.2. The molecule has 5 rings (SSSR count). The molecule has 0 N–H and O–H groups in total. The molecule has 0 saturated carbocycles. The highest BCUT2D eigenvalue weighted by Gasteiger charge is 2.37. The summed E-state index contributed by atoms with van der Waals surface area (Å²) < 4.78 is 12.6. The summed E-state index contributed by atoms with van der Waals surface area (Å²) in [6, 6.07) is 21.3. The zero-order valence-corrected chi connectivity index (χ0v) is 23.2. The Morgan fingerprint density at radius 2 is 1.69 bits per heavy atom. The van der Waals surface area contributed by atoms with E-state index >= 15 is 0 Å². The standard InChI is InChI=1S/C31H31N3O4S/c1-21-4-8-24(9-5-21)34-25(18-29(33-34)31(2)19-39-20-31)17-26(35)14-22-6-10-27(11-7-22)38-28-12-13-32-23(15-28)16-30(36)37-3/h4-13,15,18H,14,16-17,19-20H2,1-3H3. The number of benzene rings is 2. The van der Waals surface area contributed by atoms with Crippen LogP contribution in [0, 0.1) is 6.92 Å². The van der Waals surface area contributed by atoms with Crippen molar-refractivity contribution in [3.63, 3.8) is 0 Å². The second-order valence-corrected chi connectivity index (χ2v) is 11.2. The van der Waals surface area contributed by atoms with Crippen molar-refractivity contribution in [2.24, 2.45) is 0 Å². The molecule has 0 amide bonds. The minimum absolute atomic E-state index is 0.0587. The number of rotatable bonds is 10. The number of nitrogens with zero attached hydrogens (tertiary/aromatic N) is 3. The number of ketones is 1. The van der Waals surface area contributed by atoms with E-state index in [2.05, 4.69) is 49.2 Å². The van der Waals surface area contributed by atoms with E-state index in [9.17, 15) is 9.59 Å². The molecule has 1 saturated heterocycles. The fraction of sp³-hybridized carbons (Fsp3) is 0.290. The van der Waals surface area contributed by atoms with Crippen molar-refractivity contribution in [2.75, 3.05) is 18.6 Å². The molecule has 1 aliphatic heterocycles. The Bertz CT molecular complexity index is 1470. The fourth-order valence-electron chi connectivity index (χ4n) is 4.45. The van der Waals surface area contributed by atoms with Crippen molar-refractivity contribution in [2.45, 2.75) is 38.5 Å². The van der Waals surface area contributed by atoms with Gasteiger partial charge in [0.05, 0.1) is 36.3 Å². The molecule has 2 aromatic heterocycles. The molecule has 7 nitrogen and oxygen atoms in total. The van der Waals surface area contributed by atoms with Crippen molar-refractivity contribution in [1.82, 2.24) is 14.8 Å². The number of aromatic nitrogens is 3.